The molecule has 0 saturated heterocycles. The minimum atomic E-state index is 0.598. The first kappa shape index (κ1) is 16.3. The van der Waals surface area contributed by atoms with E-state index in [1.807, 2.05) is 49.0 Å². The topological polar surface area (TPSA) is 51.1 Å². The van der Waals surface area contributed by atoms with Crippen molar-refractivity contribution in [2.24, 2.45) is 0 Å². The van der Waals surface area contributed by atoms with Crippen molar-refractivity contribution >= 4 is 23.0 Å². The molecule has 0 bridgehead atoms. The van der Waals surface area contributed by atoms with Gasteiger partial charge in [-0.15, -0.1) is 0 Å². The molecule has 0 unspecified atom stereocenters. The molecule has 1 aromatic heterocycles. The van der Waals surface area contributed by atoms with Crippen LogP contribution in [0.3, 0.4) is 0 Å². The van der Waals surface area contributed by atoms with E-state index in [0.29, 0.717) is 5.11 Å². The van der Waals surface area contributed by atoms with Crippen molar-refractivity contribution in [2.45, 2.75) is 26.8 Å². The maximum absolute atomic E-state index is 5.33. The molecular formula is C16H22N4OS. The number of hydrogen-bond donors (Lipinski definition) is 2. The van der Waals surface area contributed by atoms with Crippen LogP contribution >= 0.6 is 12.2 Å². The van der Waals surface area contributed by atoms with Gasteiger partial charge in [-0.1, -0.05) is 6.07 Å². The second kappa shape index (κ2) is 7.79. The average Bonchev–Trinajstić information content (AvgIpc) is 2.89. The summed E-state index contributed by atoms with van der Waals surface area (Å²) in [5.41, 5.74) is 3.07. The van der Waals surface area contributed by atoms with E-state index < -0.39 is 0 Å². The van der Waals surface area contributed by atoms with Crippen LogP contribution in [0.2, 0.25) is 0 Å². The van der Waals surface area contributed by atoms with Gasteiger partial charge in [-0.2, -0.15) is 5.10 Å². The molecule has 22 heavy (non-hydrogen) atoms. The molecule has 0 aliphatic heterocycles. The highest BCUT2D eigenvalue weighted by Gasteiger charge is 2.05. The lowest BCUT2D eigenvalue weighted by molar-refractivity contribution is 0.417. The standard InChI is InChI=1S/C16H22N4OS/c1-12-5-6-15(21-3)14(11-12)18-16(22)17-8-4-9-20-10-7-13(2)19-20/h5-7,10-11H,4,8-9H2,1-3H3,(H2,17,18,22). The van der Waals surface area contributed by atoms with Gasteiger partial charge < -0.3 is 15.4 Å². The van der Waals surface area contributed by atoms with Crippen molar-refractivity contribution in [3.8, 4) is 5.75 Å². The van der Waals surface area contributed by atoms with Crippen LogP contribution in [0.25, 0.3) is 0 Å². The van der Waals surface area contributed by atoms with Crippen molar-refractivity contribution in [3.05, 3.63) is 41.7 Å². The van der Waals surface area contributed by atoms with Crippen LogP contribution in [0.4, 0.5) is 5.69 Å². The quantitative estimate of drug-likeness (QED) is 0.633. The molecule has 2 rings (SSSR count). The monoisotopic (exact) mass is 318 g/mol. The van der Waals surface area contributed by atoms with Crippen LogP contribution in [-0.2, 0) is 6.54 Å². The van der Waals surface area contributed by atoms with Crippen LogP contribution in [0.5, 0.6) is 5.75 Å². The number of aryl methyl sites for hydroxylation is 3. The Labute approximate surface area is 136 Å². The van der Waals surface area contributed by atoms with E-state index in [2.05, 4.69) is 15.7 Å². The average molecular weight is 318 g/mol. The van der Waals surface area contributed by atoms with Gasteiger partial charge in [0.1, 0.15) is 5.75 Å². The van der Waals surface area contributed by atoms with Crippen LogP contribution in [0.1, 0.15) is 17.7 Å². The summed E-state index contributed by atoms with van der Waals surface area (Å²) in [6, 6.07) is 7.95. The Morgan fingerprint density at radius 1 is 1.32 bits per heavy atom. The summed E-state index contributed by atoms with van der Waals surface area (Å²) in [6.45, 7) is 5.69. The third-order valence-corrected chi connectivity index (χ3v) is 3.47. The number of aromatic nitrogens is 2. The molecule has 5 nitrogen and oxygen atoms in total. The Hall–Kier alpha value is -2.08. The zero-order valence-corrected chi connectivity index (χ0v) is 14.0. The molecule has 0 aliphatic rings. The number of rotatable bonds is 6. The van der Waals surface area contributed by atoms with Crippen molar-refractivity contribution < 1.29 is 4.74 Å². The Balaban J connectivity index is 1.77. The van der Waals surface area contributed by atoms with Crippen molar-refractivity contribution in [2.75, 3.05) is 19.0 Å². The number of methoxy groups -OCH3 is 1. The highest BCUT2D eigenvalue weighted by molar-refractivity contribution is 7.80. The molecule has 2 aromatic rings. The van der Waals surface area contributed by atoms with E-state index in [-0.39, 0.29) is 0 Å². The number of anilines is 1. The van der Waals surface area contributed by atoms with Crippen LogP contribution in [-0.4, -0.2) is 28.5 Å². The van der Waals surface area contributed by atoms with E-state index >= 15 is 0 Å². The number of benzene rings is 1. The molecule has 2 N–H and O–H groups in total. The summed E-state index contributed by atoms with van der Waals surface area (Å²) in [4.78, 5) is 0. The molecule has 118 valence electrons. The Kier molecular flexibility index (Phi) is 5.77. The number of nitrogens with one attached hydrogen (secondary N) is 2. The summed E-state index contributed by atoms with van der Waals surface area (Å²) in [6.07, 6.45) is 2.94. The van der Waals surface area contributed by atoms with Gasteiger partial charge in [0, 0.05) is 19.3 Å². The first-order valence-corrected chi connectivity index (χ1v) is 7.69. The van der Waals surface area contributed by atoms with Gasteiger partial charge >= 0.3 is 0 Å². The van der Waals surface area contributed by atoms with E-state index in [0.717, 1.165) is 42.2 Å². The lowest BCUT2D eigenvalue weighted by Crippen LogP contribution is -2.30. The maximum Gasteiger partial charge on any atom is 0.170 e. The first-order chi connectivity index (χ1) is 10.6. The summed E-state index contributed by atoms with van der Waals surface area (Å²) >= 11 is 5.32. The predicted molar refractivity (Wildman–Crippen MR) is 93.5 cm³/mol. The molecule has 0 amide bonds. The molecule has 0 fully saturated rings. The minimum Gasteiger partial charge on any atom is -0.495 e. The second-order valence-corrected chi connectivity index (χ2v) is 5.57. The van der Waals surface area contributed by atoms with E-state index in [1.54, 1.807) is 7.11 Å². The van der Waals surface area contributed by atoms with Crippen molar-refractivity contribution in [1.29, 1.82) is 0 Å². The SMILES string of the molecule is COc1ccc(C)cc1NC(=S)NCCCn1ccc(C)n1. The van der Waals surface area contributed by atoms with Gasteiger partial charge in [0.15, 0.2) is 5.11 Å². The summed E-state index contributed by atoms with van der Waals surface area (Å²) < 4.78 is 7.27. The normalized spacial score (nSPS) is 10.3. The van der Waals surface area contributed by atoms with Gasteiger partial charge in [0.2, 0.25) is 0 Å². The molecule has 0 radical (unpaired) electrons. The summed E-state index contributed by atoms with van der Waals surface area (Å²) in [5, 5.41) is 11.3. The zero-order chi connectivity index (χ0) is 15.9. The molecule has 6 heteroatoms. The van der Waals surface area contributed by atoms with Crippen LogP contribution < -0.4 is 15.4 Å². The maximum atomic E-state index is 5.33. The Morgan fingerprint density at radius 2 is 2.14 bits per heavy atom. The predicted octanol–water partition coefficient (Wildman–Crippen LogP) is 2.89. The smallest absolute Gasteiger partial charge is 0.170 e. The third kappa shape index (κ3) is 4.73. The van der Waals surface area contributed by atoms with E-state index in [1.165, 1.54) is 0 Å². The minimum absolute atomic E-state index is 0.598. The first-order valence-electron chi connectivity index (χ1n) is 7.28. The van der Waals surface area contributed by atoms with Gasteiger partial charge in [-0.05, 0) is 56.2 Å². The highest BCUT2D eigenvalue weighted by Crippen LogP contribution is 2.24. The number of ether oxygens (including phenoxy) is 1. The fourth-order valence-corrected chi connectivity index (χ4v) is 2.33. The molecular weight excluding hydrogens is 296 g/mol. The van der Waals surface area contributed by atoms with E-state index in [4.69, 9.17) is 17.0 Å². The highest BCUT2D eigenvalue weighted by atomic mass is 32.1. The molecule has 0 saturated carbocycles. The molecule has 0 aliphatic carbocycles. The Bertz CT molecular complexity index is 639. The molecule has 0 atom stereocenters. The lowest BCUT2D eigenvalue weighted by Gasteiger charge is -2.14. The molecule has 0 spiro atoms. The van der Waals surface area contributed by atoms with Crippen molar-refractivity contribution in [3.63, 3.8) is 0 Å². The van der Waals surface area contributed by atoms with Gasteiger partial charge in [-0.3, -0.25) is 4.68 Å². The molecule has 1 aromatic carbocycles. The van der Waals surface area contributed by atoms with E-state index in [9.17, 15) is 0 Å². The third-order valence-electron chi connectivity index (χ3n) is 3.23. The Morgan fingerprint density at radius 3 is 2.82 bits per heavy atom. The largest absolute Gasteiger partial charge is 0.495 e. The number of hydrogen-bond acceptors (Lipinski definition) is 3. The van der Waals surface area contributed by atoms with Crippen LogP contribution in [0.15, 0.2) is 30.5 Å². The lowest BCUT2D eigenvalue weighted by atomic mass is 10.2. The fraction of sp³-hybridized carbons (Fsp3) is 0.375. The van der Waals surface area contributed by atoms with Gasteiger partial charge in [0.25, 0.3) is 0 Å². The fourth-order valence-electron chi connectivity index (χ4n) is 2.12. The van der Waals surface area contributed by atoms with Gasteiger partial charge in [0.05, 0.1) is 18.5 Å². The zero-order valence-electron chi connectivity index (χ0n) is 13.2. The molecule has 1 heterocycles. The van der Waals surface area contributed by atoms with Gasteiger partial charge in [-0.25, -0.2) is 0 Å². The summed E-state index contributed by atoms with van der Waals surface area (Å²) in [7, 11) is 1.65. The second-order valence-electron chi connectivity index (χ2n) is 5.16. The summed E-state index contributed by atoms with van der Waals surface area (Å²) in [5.74, 6) is 0.779. The number of nitrogens with zero attached hydrogens (tertiary/aromatic N) is 2. The number of thiocarbonyl (C=S) groups is 1. The van der Waals surface area contributed by atoms with Crippen LogP contribution in [0, 0.1) is 13.8 Å². The van der Waals surface area contributed by atoms with Crippen molar-refractivity contribution in [1.82, 2.24) is 15.1 Å².